The third-order valence-corrected chi connectivity index (χ3v) is 4.54. The predicted octanol–water partition coefficient (Wildman–Crippen LogP) is 1.60. The number of H-pyrrole nitrogens is 1. The summed E-state index contributed by atoms with van der Waals surface area (Å²) >= 11 is 1.61. The van der Waals surface area contributed by atoms with Gasteiger partial charge in [0, 0.05) is 19.6 Å². The zero-order chi connectivity index (χ0) is 17.2. The van der Waals surface area contributed by atoms with Crippen LogP contribution in [0.25, 0.3) is 0 Å². The number of carbonyl (C=O) groups excluding carboxylic acids is 1. The summed E-state index contributed by atoms with van der Waals surface area (Å²) in [5.74, 6) is 0.422. The van der Waals surface area contributed by atoms with Gasteiger partial charge in [-0.25, -0.2) is 4.79 Å². The molecular weight excluding hydrogens is 328 g/mol. The van der Waals surface area contributed by atoms with Crippen molar-refractivity contribution in [2.75, 3.05) is 19.6 Å². The van der Waals surface area contributed by atoms with Crippen LogP contribution in [0.2, 0.25) is 0 Å². The predicted molar refractivity (Wildman–Crippen MR) is 89.9 cm³/mol. The Morgan fingerprint density at radius 3 is 2.96 bits per heavy atom. The van der Waals surface area contributed by atoms with Crippen molar-refractivity contribution in [2.24, 2.45) is 0 Å². The second-order valence-electron chi connectivity index (χ2n) is 6.75. The summed E-state index contributed by atoms with van der Waals surface area (Å²) in [6, 6.07) is 1.90. The molecule has 0 aromatic carbocycles. The van der Waals surface area contributed by atoms with Crippen molar-refractivity contribution in [1.29, 1.82) is 0 Å². The van der Waals surface area contributed by atoms with E-state index in [2.05, 4.69) is 31.3 Å². The van der Waals surface area contributed by atoms with Gasteiger partial charge in [-0.2, -0.15) is 16.6 Å². The molecule has 1 aliphatic rings. The highest BCUT2D eigenvalue weighted by molar-refractivity contribution is 7.08. The Bertz CT molecular complexity index is 618. The van der Waals surface area contributed by atoms with Gasteiger partial charge in [0.25, 0.3) is 0 Å². The van der Waals surface area contributed by atoms with E-state index in [9.17, 15) is 4.79 Å². The smallest absolute Gasteiger partial charge is 0.410 e. The number of aromatic amines is 1. The molecule has 2 aromatic heterocycles. The summed E-state index contributed by atoms with van der Waals surface area (Å²) in [5, 5.41) is 22.0. The van der Waals surface area contributed by atoms with Crippen LogP contribution in [0.5, 0.6) is 0 Å². The largest absolute Gasteiger partial charge is 0.444 e. The fourth-order valence-corrected chi connectivity index (χ4v) is 3.56. The number of rotatable bonds is 3. The van der Waals surface area contributed by atoms with Crippen molar-refractivity contribution in [3.05, 3.63) is 28.2 Å². The van der Waals surface area contributed by atoms with Crippen LogP contribution in [0, 0.1) is 0 Å². The van der Waals surface area contributed by atoms with E-state index in [0.717, 1.165) is 12.1 Å². The van der Waals surface area contributed by atoms with Crippen molar-refractivity contribution >= 4 is 17.4 Å². The molecule has 9 heteroatoms. The topological polar surface area (TPSA) is 96.0 Å². The summed E-state index contributed by atoms with van der Waals surface area (Å²) in [7, 11) is 0. The molecule has 0 radical (unpaired) electrons. The summed E-state index contributed by atoms with van der Waals surface area (Å²) < 4.78 is 5.59. The van der Waals surface area contributed by atoms with E-state index < -0.39 is 5.60 Å². The van der Waals surface area contributed by atoms with Gasteiger partial charge in [0.15, 0.2) is 5.82 Å². The van der Waals surface area contributed by atoms with Crippen LogP contribution in [0.15, 0.2) is 16.8 Å². The Hall–Kier alpha value is -2.00. The second-order valence-corrected chi connectivity index (χ2v) is 7.53. The number of hydrogen-bond acceptors (Lipinski definition) is 7. The molecule has 0 aliphatic carbocycles. The second kappa shape index (κ2) is 6.86. The molecule has 2 aromatic rings. The molecule has 0 spiro atoms. The highest BCUT2D eigenvalue weighted by atomic mass is 32.1. The van der Waals surface area contributed by atoms with Crippen LogP contribution >= 0.6 is 11.3 Å². The normalized spacial score (nSPS) is 20.0. The van der Waals surface area contributed by atoms with Crippen molar-refractivity contribution in [3.63, 3.8) is 0 Å². The highest BCUT2D eigenvalue weighted by Crippen LogP contribution is 2.31. The van der Waals surface area contributed by atoms with E-state index >= 15 is 0 Å². The average molecular weight is 350 g/mol. The van der Waals surface area contributed by atoms with Gasteiger partial charge in [0.1, 0.15) is 5.60 Å². The lowest BCUT2D eigenvalue weighted by Gasteiger charge is -2.40. The van der Waals surface area contributed by atoms with Gasteiger partial charge in [-0.15, -0.1) is 10.2 Å². The van der Waals surface area contributed by atoms with Crippen molar-refractivity contribution in [1.82, 2.24) is 30.8 Å². The first-order valence-corrected chi connectivity index (χ1v) is 8.86. The Balaban J connectivity index is 1.91. The molecule has 130 valence electrons. The molecule has 1 aliphatic heterocycles. The van der Waals surface area contributed by atoms with Gasteiger partial charge < -0.3 is 15.0 Å². The first kappa shape index (κ1) is 16.8. The third-order valence-electron chi connectivity index (χ3n) is 3.84. The maximum Gasteiger partial charge on any atom is 0.410 e. The van der Waals surface area contributed by atoms with E-state index in [0.29, 0.717) is 18.9 Å². The number of thiophene rings is 1. The van der Waals surface area contributed by atoms with Gasteiger partial charge in [-0.05, 0) is 43.2 Å². The van der Waals surface area contributed by atoms with E-state index in [1.54, 1.807) is 16.2 Å². The number of tetrazole rings is 1. The zero-order valence-electron chi connectivity index (χ0n) is 14.0. The highest BCUT2D eigenvalue weighted by Gasteiger charge is 2.38. The first-order chi connectivity index (χ1) is 11.5. The number of carbonyl (C=O) groups is 1. The van der Waals surface area contributed by atoms with Crippen LogP contribution < -0.4 is 5.32 Å². The molecule has 24 heavy (non-hydrogen) atoms. The lowest BCUT2D eigenvalue weighted by atomic mass is 9.90. The van der Waals surface area contributed by atoms with E-state index in [-0.39, 0.29) is 18.1 Å². The summed E-state index contributed by atoms with van der Waals surface area (Å²) in [4.78, 5) is 14.5. The van der Waals surface area contributed by atoms with Crippen LogP contribution in [-0.4, -0.2) is 62.9 Å². The lowest BCUT2D eigenvalue weighted by Crippen LogP contribution is -2.57. The van der Waals surface area contributed by atoms with E-state index in [1.165, 1.54) is 0 Å². The molecule has 1 fully saturated rings. The Morgan fingerprint density at radius 2 is 2.33 bits per heavy atom. The molecular formula is C15H22N6O2S. The average Bonchev–Trinajstić information content (AvgIpc) is 3.20. The summed E-state index contributed by atoms with van der Waals surface area (Å²) in [6.45, 7) is 7.58. The minimum atomic E-state index is -0.531. The number of piperazine rings is 1. The molecule has 2 unspecified atom stereocenters. The Morgan fingerprint density at radius 1 is 1.50 bits per heavy atom. The van der Waals surface area contributed by atoms with Crippen LogP contribution in [0.1, 0.15) is 38.1 Å². The van der Waals surface area contributed by atoms with E-state index in [4.69, 9.17) is 4.74 Å². The molecule has 3 rings (SSSR count). The number of nitrogens with one attached hydrogen (secondary N) is 2. The van der Waals surface area contributed by atoms with Crippen LogP contribution in [0.4, 0.5) is 4.79 Å². The number of nitrogens with zero attached hydrogens (tertiary/aromatic N) is 4. The fraction of sp³-hybridized carbons (Fsp3) is 0.600. The molecule has 2 N–H and O–H groups in total. The molecule has 1 amide bonds. The number of hydrogen-bond donors (Lipinski definition) is 2. The molecule has 0 saturated carbocycles. The van der Waals surface area contributed by atoms with Crippen molar-refractivity contribution < 1.29 is 9.53 Å². The molecule has 1 saturated heterocycles. The van der Waals surface area contributed by atoms with Crippen LogP contribution in [0.3, 0.4) is 0 Å². The first-order valence-electron chi connectivity index (χ1n) is 7.91. The van der Waals surface area contributed by atoms with Gasteiger partial charge in [-0.1, -0.05) is 5.21 Å². The van der Waals surface area contributed by atoms with Gasteiger partial charge in [-0.3, -0.25) is 0 Å². The standard InChI is InChI=1S/C15H22N6O2S/c1-15(2,3)23-14(22)21-6-5-16-8-11(21)12(10-4-7-24-9-10)13-17-19-20-18-13/h4,7,9,11-12,16H,5-6,8H2,1-3H3,(H,17,18,19,20). The van der Waals surface area contributed by atoms with E-state index in [1.807, 2.05) is 32.2 Å². The quantitative estimate of drug-likeness (QED) is 0.873. The van der Waals surface area contributed by atoms with Crippen molar-refractivity contribution in [2.45, 2.75) is 38.3 Å². The monoisotopic (exact) mass is 350 g/mol. The van der Waals surface area contributed by atoms with Gasteiger partial charge >= 0.3 is 6.09 Å². The molecule has 8 nitrogen and oxygen atoms in total. The number of ether oxygens (including phenoxy) is 1. The van der Waals surface area contributed by atoms with Crippen LogP contribution in [-0.2, 0) is 4.74 Å². The fourth-order valence-electron chi connectivity index (χ4n) is 2.87. The maximum absolute atomic E-state index is 12.7. The number of aromatic nitrogens is 4. The van der Waals surface area contributed by atoms with Crippen molar-refractivity contribution in [3.8, 4) is 0 Å². The SMILES string of the molecule is CC(C)(C)OC(=O)N1CCNCC1C(c1ccsc1)c1nn[nH]n1. The zero-order valence-corrected chi connectivity index (χ0v) is 14.8. The van der Waals surface area contributed by atoms with Gasteiger partial charge in [0.05, 0.1) is 12.0 Å². The molecule has 2 atom stereocenters. The Kier molecular flexibility index (Phi) is 4.81. The lowest BCUT2D eigenvalue weighted by molar-refractivity contribution is 0.0100. The third kappa shape index (κ3) is 3.73. The molecule has 0 bridgehead atoms. The minimum Gasteiger partial charge on any atom is -0.444 e. The molecule has 3 heterocycles. The summed E-state index contributed by atoms with van der Waals surface area (Å²) in [6.07, 6.45) is -0.308. The minimum absolute atomic E-state index is 0.138. The maximum atomic E-state index is 12.7. The number of amides is 1. The van der Waals surface area contributed by atoms with Gasteiger partial charge in [0.2, 0.25) is 0 Å². The Labute approximate surface area is 144 Å². The summed E-state index contributed by atoms with van der Waals surface area (Å²) in [5.41, 5.74) is 0.542.